The Hall–Kier alpha value is -0.240. The summed E-state index contributed by atoms with van der Waals surface area (Å²) < 4.78 is 0. The predicted molar refractivity (Wildman–Crippen MR) is 75.1 cm³/mol. The van der Waals surface area contributed by atoms with Gasteiger partial charge in [0.1, 0.15) is 0 Å². The van der Waals surface area contributed by atoms with E-state index >= 15 is 0 Å². The Labute approximate surface area is 114 Å². The van der Waals surface area contributed by atoms with Gasteiger partial charge in [-0.2, -0.15) is 0 Å². The molecule has 1 aliphatic rings. The van der Waals surface area contributed by atoms with Gasteiger partial charge in [-0.25, -0.2) is 0 Å². The van der Waals surface area contributed by atoms with Crippen LogP contribution in [-0.4, -0.2) is 12.6 Å². The zero-order valence-electron chi connectivity index (χ0n) is 10.3. The average Bonchev–Trinajstić information content (AvgIpc) is 3.12. The molecule has 0 amide bonds. The molecule has 1 fully saturated rings. The molecule has 0 spiro atoms. The average molecular weight is 272 g/mol. The molecule has 2 atom stereocenters. The summed E-state index contributed by atoms with van der Waals surface area (Å²) in [5.41, 5.74) is 1.27. The first-order valence-electron chi connectivity index (χ1n) is 6.26. The summed E-state index contributed by atoms with van der Waals surface area (Å²) in [5, 5.41) is 4.86. The van der Waals surface area contributed by atoms with Crippen molar-refractivity contribution in [2.75, 3.05) is 6.54 Å². The fourth-order valence-corrected chi connectivity index (χ4v) is 2.25. The van der Waals surface area contributed by atoms with E-state index < -0.39 is 0 Å². The Morgan fingerprint density at radius 3 is 2.53 bits per heavy atom. The van der Waals surface area contributed by atoms with Crippen LogP contribution < -0.4 is 5.32 Å². The van der Waals surface area contributed by atoms with E-state index in [2.05, 4.69) is 25.2 Å². The van der Waals surface area contributed by atoms with Crippen molar-refractivity contribution in [3.8, 4) is 0 Å². The van der Waals surface area contributed by atoms with Gasteiger partial charge in [0.05, 0.1) is 10.0 Å². The summed E-state index contributed by atoms with van der Waals surface area (Å²) >= 11 is 12.0. The van der Waals surface area contributed by atoms with Crippen molar-refractivity contribution in [2.45, 2.75) is 38.6 Å². The maximum Gasteiger partial charge on any atom is 0.0595 e. The molecule has 0 aromatic heterocycles. The van der Waals surface area contributed by atoms with Crippen LogP contribution in [0, 0.1) is 5.92 Å². The van der Waals surface area contributed by atoms with Crippen molar-refractivity contribution in [1.29, 1.82) is 0 Å². The summed E-state index contributed by atoms with van der Waals surface area (Å²) in [7, 11) is 0. The highest BCUT2D eigenvalue weighted by Gasteiger charge is 2.22. The van der Waals surface area contributed by atoms with Gasteiger partial charge in [-0.3, -0.25) is 0 Å². The van der Waals surface area contributed by atoms with E-state index in [4.69, 9.17) is 23.2 Å². The first-order chi connectivity index (χ1) is 8.08. The Bertz CT molecular complexity index is 388. The molecule has 1 aromatic carbocycles. The third kappa shape index (κ3) is 3.61. The summed E-state index contributed by atoms with van der Waals surface area (Å²) in [6, 6.07) is 6.73. The van der Waals surface area contributed by atoms with E-state index in [-0.39, 0.29) is 0 Å². The molecule has 1 N–H and O–H groups in total. The van der Waals surface area contributed by atoms with Gasteiger partial charge in [-0.1, -0.05) is 43.1 Å². The number of rotatable bonds is 5. The number of nitrogens with one attached hydrogen (secondary N) is 1. The van der Waals surface area contributed by atoms with Gasteiger partial charge < -0.3 is 5.32 Å². The van der Waals surface area contributed by atoms with Gasteiger partial charge in [0.15, 0.2) is 0 Å². The van der Waals surface area contributed by atoms with Crippen LogP contribution in [0.15, 0.2) is 18.2 Å². The first kappa shape index (κ1) is 13.2. The van der Waals surface area contributed by atoms with E-state index in [1.807, 2.05) is 12.1 Å². The van der Waals surface area contributed by atoms with Crippen LogP contribution in [-0.2, 0) is 0 Å². The Balaban J connectivity index is 1.96. The number of hydrogen-bond acceptors (Lipinski definition) is 1. The van der Waals surface area contributed by atoms with E-state index in [0.717, 1.165) is 12.6 Å². The van der Waals surface area contributed by atoms with Crippen LogP contribution >= 0.6 is 23.2 Å². The molecular weight excluding hydrogens is 253 g/mol. The largest absolute Gasteiger partial charge is 0.314 e. The highest BCUT2D eigenvalue weighted by atomic mass is 35.5. The van der Waals surface area contributed by atoms with Gasteiger partial charge in [0, 0.05) is 6.04 Å². The summed E-state index contributed by atoms with van der Waals surface area (Å²) in [6.07, 6.45) is 2.68. The quantitative estimate of drug-likeness (QED) is 0.833. The van der Waals surface area contributed by atoms with Crippen LogP contribution in [0.1, 0.15) is 38.2 Å². The maximum atomic E-state index is 6.05. The molecule has 1 saturated carbocycles. The van der Waals surface area contributed by atoms with Crippen molar-refractivity contribution in [3.05, 3.63) is 33.8 Å². The first-order valence-corrected chi connectivity index (χ1v) is 7.02. The normalized spacial score (nSPS) is 19.1. The van der Waals surface area contributed by atoms with Gasteiger partial charge in [0.2, 0.25) is 0 Å². The smallest absolute Gasteiger partial charge is 0.0595 e. The Morgan fingerprint density at radius 1 is 1.24 bits per heavy atom. The predicted octanol–water partition coefficient (Wildman–Crippen LogP) is 4.49. The van der Waals surface area contributed by atoms with Crippen molar-refractivity contribution in [2.24, 2.45) is 5.92 Å². The Morgan fingerprint density at radius 2 is 1.94 bits per heavy atom. The summed E-state index contributed by atoms with van der Waals surface area (Å²) in [6.45, 7) is 5.60. The van der Waals surface area contributed by atoms with Crippen LogP contribution in [0.4, 0.5) is 0 Å². The zero-order chi connectivity index (χ0) is 12.4. The molecule has 94 valence electrons. The minimum atomic E-state index is 0.496. The summed E-state index contributed by atoms with van der Waals surface area (Å²) in [5.74, 6) is 1.10. The number of benzene rings is 1. The van der Waals surface area contributed by atoms with Crippen LogP contribution in [0.2, 0.25) is 10.0 Å². The lowest BCUT2D eigenvalue weighted by molar-refractivity contribution is 0.446. The van der Waals surface area contributed by atoms with E-state index in [9.17, 15) is 0 Å². The fraction of sp³-hybridized carbons (Fsp3) is 0.571. The number of halogens is 2. The lowest BCUT2D eigenvalue weighted by atomic mass is 9.89. The SMILES string of the molecule is CC(CNC1CC1)C(C)c1ccc(Cl)c(Cl)c1. The second-order valence-corrected chi connectivity index (χ2v) is 5.94. The standard InChI is InChI=1S/C14H19Cl2N/c1-9(8-17-12-4-5-12)10(2)11-3-6-13(15)14(16)7-11/h3,6-7,9-10,12,17H,4-5,8H2,1-2H3. The molecule has 1 aromatic rings. The molecule has 17 heavy (non-hydrogen) atoms. The lowest BCUT2D eigenvalue weighted by Crippen LogP contribution is -2.26. The maximum absolute atomic E-state index is 6.05. The van der Waals surface area contributed by atoms with Crippen molar-refractivity contribution >= 4 is 23.2 Å². The van der Waals surface area contributed by atoms with Crippen molar-refractivity contribution in [1.82, 2.24) is 5.32 Å². The molecule has 2 rings (SSSR count). The molecule has 3 heteroatoms. The minimum Gasteiger partial charge on any atom is -0.314 e. The second-order valence-electron chi connectivity index (χ2n) is 5.12. The molecule has 0 saturated heterocycles. The Kier molecular flexibility index (Phi) is 4.35. The minimum absolute atomic E-state index is 0.496. The highest BCUT2D eigenvalue weighted by Crippen LogP contribution is 2.30. The molecule has 0 heterocycles. The summed E-state index contributed by atoms with van der Waals surface area (Å²) in [4.78, 5) is 0. The number of hydrogen-bond donors (Lipinski definition) is 1. The molecule has 2 unspecified atom stereocenters. The van der Waals surface area contributed by atoms with Crippen molar-refractivity contribution < 1.29 is 0 Å². The van der Waals surface area contributed by atoms with Gasteiger partial charge in [-0.15, -0.1) is 0 Å². The van der Waals surface area contributed by atoms with E-state index in [1.165, 1.54) is 18.4 Å². The van der Waals surface area contributed by atoms with Crippen molar-refractivity contribution in [3.63, 3.8) is 0 Å². The van der Waals surface area contributed by atoms with E-state index in [0.29, 0.717) is 21.9 Å². The monoisotopic (exact) mass is 271 g/mol. The second kappa shape index (κ2) is 5.60. The van der Waals surface area contributed by atoms with Gasteiger partial charge in [0.25, 0.3) is 0 Å². The topological polar surface area (TPSA) is 12.0 Å². The third-order valence-corrected chi connectivity index (χ3v) is 4.37. The highest BCUT2D eigenvalue weighted by molar-refractivity contribution is 6.42. The van der Waals surface area contributed by atoms with Crippen LogP contribution in [0.5, 0.6) is 0 Å². The molecule has 0 radical (unpaired) electrons. The fourth-order valence-electron chi connectivity index (χ4n) is 1.94. The molecule has 0 aliphatic heterocycles. The van der Waals surface area contributed by atoms with Gasteiger partial charge in [-0.05, 0) is 48.9 Å². The van der Waals surface area contributed by atoms with E-state index in [1.54, 1.807) is 0 Å². The molecule has 1 aliphatic carbocycles. The molecule has 1 nitrogen and oxygen atoms in total. The van der Waals surface area contributed by atoms with Crippen LogP contribution in [0.3, 0.4) is 0 Å². The molecule has 0 bridgehead atoms. The van der Waals surface area contributed by atoms with Crippen LogP contribution in [0.25, 0.3) is 0 Å². The molecular formula is C14H19Cl2N. The zero-order valence-corrected chi connectivity index (χ0v) is 11.9. The third-order valence-electron chi connectivity index (χ3n) is 3.63. The van der Waals surface area contributed by atoms with Gasteiger partial charge >= 0.3 is 0 Å². The lowest BCUT2D eigenvalue weighted by Gasteiger charge is -2.21.